The van der Waals surface area contributed by atoms with Crippen LogP contribution in [-0.2, 0) is 5.41 Å². The summed E-state index contributed by atoms with van der Waals surface area (Å²) in [6.07, 6.45) is -0.470. The lowest BCUT2D eigenvalue weighted by molar-refractivity contribution is 0.108. The van der Waals surface area contributed by atoms with E-state index in [1.807, 2.05) is 12.1 Å². The fourth-order valence-corrected chi connectivity index (χ4v) is 1.54. The maximum atomic E-state index is 9.51. The van der Waals surface area contributed by atoms with Gasteiger partial charge in [-0.05, 0) is 30.2 Å². The van der Waals surface area contributed by atoms with Gasteiger partial charge in [-0.15, -0.1) is 0 Å². The Kier molecular flexibility index (Phi) is 4.97. The van der Waals surface area contributed by atoms with Crippen molar-refractivity contribution in [2.24, 2.45) is 0 Å². The SMILES string of the molecule is CNCC(O)COc1ccc(C(C)(C)C)cc1. The molecule has 0 bridgehead atoms. The molecule has 0 aliphatic heterocycles. The zero-order chi connectivity index (χ0) is 12.9. The summed E-state index contributed by atoms with van der Waals surface area (Å²) in [6, 6.07) is 8.04. The number of likely N-dealkylation sites (N-methyl/N-ethyl adjacent to an activating group) is 1. The van der Waals surface area contributed by atoms with Crippen LogP contribution < -0.4 is 10.1 Å². The molecule has 1 atom stereocenters. The van der Waals surface area contributed by atoms with Gasteiger partial charge in [0.15, 0.2) is 0 Å². The molecule has 0 saturated carbocycles. The van der Waals surface area contributed by atoms with Gasteiger partial charge < -0.3 is 15.2 Å². The molecule has 0 spiro atoms. The number of nitrogens with one attached hydrogen (secondary N) is 1. The fraction of sp³-hybridized carbons (Fsp3) is 0.571. The van der Waals surface area contributed by atoms with Gasteiger partial charge in [-0.1, -0.05) is 32.9 Å². The van der Waals surface area contributed by atoms with Crippen molar-refractivity contribution in [3.8, 4) is 5.75 Å². The number of aliphatic hydroxyl groups excluding tert-OH is 1. The Morgan fingerprint density at radius 2 is 1.82 bits per heavy atom. The van der Waals surface area contributed by atoms with Crippen LogP contribution in [0.5, 0.6) is 5.75 Å². The van der Waals surface area contributed by atoms with E-state index >= 15 is 0 Å². The highest BCUT2D eigenvalue weighted by molar-refractivity contribution is 5.31. The molecule has 0 radical (unpaired) electrons. The Bertz CT molecular complexity index is 327. The van der Waals surface area contributed by atoms with Crippen LogP contribution in [0.25, 0.3) is 0 Å². The van der Waals surface area contributed by atoms with Crippen LogP contribution in [0, 0.1) is 0 Å². The summed E-state index contributed by atoms with van der Waals surface area (Å²) in [5.41, 5.74) is 1.44. The molecule has 1 unspecified atom stereocenters. The minimum absolute atomic E-state index is 0.157. The Labute approximate surface area is 104 Å². The molecule has 3 heteroatoms. The largest absolute Gasteiger partial charge is 0.491 e. The summed E-state index contributed by atoms with van der Waals surface area (Å²) in [5, 5.41) is 12.4. The molecule has 0 heterocycles. The molecule has 2 N–H and O–H groups in total. The van der Waals surface area contributed by atoms with E-state index in [4.69, 9.17) is 4.74 Å². The number of benzene rings is 1. The van der Waals surface area contributed by atoms with Gasteiger partial charge in [-0.3, -0.25) is 0 Å². The standard InChI is InChI=1S/C14H23NO2/c1-14(2,3)11-5-7-13(8-6-11)17-10-12(16)9-15-4/h5-8,12,15-16H,9-10H2,1-4H3. The highest BCUT2D eigenvalue weighted by Crippen LogP contribution is 2.24. The van der Waals surface area contributed by atoms with Gasteiger partial charge in [0.05, 0.1) is 0 Å². The van der Waals surface area contributed by atoms with Gasteiger partial charge in [0.1, 0.15) is 18.5 Å². The molecule has 0 amide bonds. The third-order valence-corrected chi connectivity index (χ3v) is 2.60. The minimum atomic E-state index is -0.470. The monoisotopic (exact) mass is 237 g/mol. The zero-order valence-electron chi connectivity index (χ0n) is 11.2. The van der Waals surface area contributed by atoms with Crippen molar-refractivity contribution in [2.75, 3.05) is 20.2 Å². The topological polar surface area (TPSA) is 41.5 Å². The van der Waals surface area contributed by atoms with E-state index in [0.717, 1.165) is 5.75 Å². The van der Waals surface area contributed by atoms with Gasteiger partial charge in [0, 0.05) is 6.54 Å². The van der Waals surface area contributed by atoms with Crippen molar-refractivity contribution in [2.45, 2.75) is 32.3 Å². The average molecular weight is 237 g/mol. The van der Waals surface area contributed by atoms with Gasteiger partial charge in [-0.2, -0.15) is 0 Å². The van der Waals surface area contributed by atoms with E-state index in [1.54, 1.807) is 7.05 Å². The quantitative estimate of drug-likeness (QED) is 0.822. The average Bonchev–Trinajstić information content (AvgIpc) is 2.26. The van der Waals surface area contributed by atoms with Gasteiger partial charge in [0.25, 0.3) is 0 Å². The zero-order valence-corrected chi connectivity index (χ0v) is 11.2. The van der Waals surface area contributed by atoms with Crippen molar-refractivity contribution >= 4 is 0 Å². The van der Waals surface area contributed by atoms with Crippen LogP contribution >= 0.6 is 0 Å². The van der Waals surface area contributed by atoms with E-state index in [1.165, 1.54) is 5.56 Å². The molecule has 0 aromatic heterocycles. The highest BCUT2D eigenvalue weighted by atomic mass is 16.5. The third-order valence-electron chi connectivity index (χ3n) is 2.60. The maximum Gasteiger partial charge on any atom is 0.119 e. The van der Waals surface area contributed by atoms with E-state index in [9.17, 15) is 5.11 Å². The first-order valence-corrected chi connectivity index (χ1v) is 5.99. The first-order valence-electron chi connectivity index (χ1n) is 5.99. The molecule has 0 aliphatic carbocycles. The first kappa shape index (κ1) is 14.0. The molecule has 0 fully saturated rings. The Hall–Kier alpha value is -1.06. The lowest BCUT2D eigenvalue weighted by Crippen LogP contribution is -2.29. The normalized spacial score (nSPS) is 13.5. The third kappa shape index (κ3) is 4.75. The molecule has 3 nitrogen and oxygen atoms in total. The summed E-state index contributed by atoms with van der Waals surface area (Å²) in [7, 11) is 1.81. The van der Waals surface area contributed by atoms with Crippen LogP contribution in [0.15, 0.2) is 24.3 Å². The van der Waals surface area contributed by atoms with Crippen LogP contribution in [0.3, 0.4) is 0 Å². The second-order valence-corrected chi connectivity index (χ2v) is 5.30. The molecular weight excluding hydrogens is 214 g/mol. The number of rotatable bonds is 5. The lowest BCUT2D eigenvalue weighted by Gasteiger charge is -2.19. The molecule has 1 aromatic carbocycles. The van der Waals surface area contributed by atoms with E-state index in [0.29, 0.717) is 13.2 Å². The summed E-state index contributed by atoms with van der Waals surface area (Å²) in [4.78, 5) is 0. The van der Waals surface area contributed by atoms with Crippen LogP contribution in [0.1, 0.15) is 26.3 Å². The molecule has 1 aromatic rings. The summed E-state index contributed by atoms with van der Waals surface area (Å²) in [5.74, 6) is 0.799. The predicted molar refractivity (Wildman–Crippen MR) is 70.6 cm³/mol. The number of hydrogen-bond acceptors (Lipinski definition) is 3. The Morgan fingerprint density at radius 3 is 2.29 bits per heavy atom. The first-order chi connectivity index (χ1) is 7.93. The number of hydrogen-bond donors (Lipinski definition) is 2. The van der Waals surface area contributed by atoms with Crippen molar-refractivity contribution in [1.82, 2.24) is 5.32 Å². The summed E-state index contributed by atoms with van der Waals surface area (Å²) >= 11 is 0. The Morgan fingerprint density at radius 1 is 1.24 bits per heavy atom. The molecule has 0 saturated heterocycles. The summed E-state index contributed by atoms with van der Waals surface area (Å²) in [6.45, 7) is 7.40. The van der Waals surface area contributed by atoms with Crippen LogP contribution in [0.4, 0.5) is 0 Å². The van der Waals surface area contributed by atoms with Gasteiger partial charge in [0.2, 0.25) is 0 Å². The number of ether oxygens (including phenoxy) is 1. The van der Waals surface area contributed by atoms with Gasteiger partial charge >= 0.3 is 0 Å². The second-order valence-electron chi connectivity index (χ2n) is 5.30. The molecule has 1 rings (SSSR count). The highest BCUT2D eigenvalue weighted by Gasteiger charge is 2.13. The molecular formula is C14H23NO2. The minimum Gasteiger partial charge on any atom is -0.491 e. The maximum absolute atomic E-state index is 9.51. The molecule has 96 valence electrons. The van der Waals surface area contributed by atoms with Crippen LogP contribution in [-0.4, -0.2) is 31.4 Å². The lowest BCUT2D eigenvalue weighted by atomic mass is 9.87. The predicted octanol–water partition coefficient (Wildman–Crippen LogP) is 1.94. The van der Waals surface area contributed by atoms with E-state index in [-0.39, 0.29) is 5.41 Å². The number of aliphatic hydroxyl groups is 1. The smallest absolute Gasteiger partial charge is 0.119 e. The fourth-order valence-electron chi connectivity index (χ4n) is 1.54. The Balaban J connectivity index is 2.51. The second kappa shape index (κ2) is 6.03. The van der Waals surface area contributed by atoms with Crippen LogP contribution in [0.2, 0.25) is 0 Å². The van der Waals surface area contributed by atoms with Gasteiger partial charge in [-0.25, -0.2) is 0 Å². The molecule has 0 aliphatic rings. The van der Waals surface area contributed by atoms with E-state index in [2.05, 4.69) is 38.2 Å². The van der Waals surface area contributed by atoms with Crippen molar-refractivity contribution in [3.05, 3.63) is 29.8 Å². The van der Waals surface area contributed by atoms with E-state index < -0.39 is 6.10 Å². The van der Waals surface area contributed by atoms with Crippen molar-refractivity contribution in [1.29, 1.82) is 0 Å². The summed E-state index contributed by atoms with van der Waals surface area (Å²) < 4.78 is 5.50. The molecule has 17 heavy (non-hydrogen) atoms. The van der Waals surface area contributed by atoms with Crippen molar-refractivity contribution in [3.63, 3.8) is 0 Å². The van der Waals surface area contributed by atoms with Crippen molar-refractivity contribution < 1.29 is 9.84 Å².